The zero-order chi connectivity index (χ0) is 17.0. The summed E-state index contributed by atoms with van der Waals surface area (Å²) in [5.74, 6) is -3.84. The van der Waals surface area contributed by atoms with Crippen LogP contribution in [0.4, 0.5) is 0 Å². The van der Waals surface area contributed by atoms with Gasteiger partial charge in [-0.15, -0.1) is 0 Å². The Labute approximate surface area is 132 Å². The lowest BCUT2D eigenvalue weighted by Crippen LogP contribution is -2.61. The van der Waals surface area contributed by atoms with Gasteiger partial charge in [-0.3, -0.25) is 4.99 Å². The fraction of sp³-hybridized carbons (Fsp3) is 0.467. The largest absolute Gasteiger partial charge is 0.548 e. The van der Waals surface area contributed by atoms with Crippen LogP contribution in [-0.4, -0.2) is 69.4 Å². The molecule has 1 aliphatic rings. The second-order valence-electron chi connectivity index (χ2n) is 5.37. The van der Waals surface area contributed by atoms with Gasteiger partial charge in [-0.1, -0.05) is 30.3 Å². The van der Waals surface area contributed by atoms with Crippen molar-refractivity contribution < 1.29 is 35.1 Å². The first-order valence-corrected chi connectivity index (χ1v) is 7.03. The van der Waals surface area contributed by atoms with Crippen LogP contribution < -0.4 is 5.11 Å². The molecule has 0 radical (unpaired) electrons. The average molecular weight is 324 g/mol. The molecule has 1 fully saturated rings. The molecule has 0 bridgehead atoms. The highest BCUT2D eigenvalue weighted by Gasteiger charge is 2.47. The van der Waals surface area contributed by atoms with Gasteiger partial charge in [0.2, 0.25) is 5.79 Å². The number of aliphatic hydroxyl groups is 4. The van der Waals surface area contributed by atoms with E-state index in [1.165, 1.54) is 0 Å². The lowest BCUT2D eigenvalue weighted by atomic mass is 9.97. The smallest absolute Gasteiger partial charge is 0.232 e. The summed E-state index contributed by atoms with van der Waals surface area (Å²) in [5, 5.41) is 50.0. The number of aliphatic imine (C=N–C) groups is 1. The molecule has 0 aliphatic carbocycles. The molecule has 1 aliphatic heterocycles. The quantitative estimate of drug-likeness (QED) is 0.429. The summed E-state index contributed by atoms with van der Waals surface area (Å²) in [7, 11) is 0. The number of benzene rings is 1. The first kappa shape index (κ1) is 17.5. The minimum Gasteiger partial charge on any atom is -0.548 e. The van der Waals surface area contributed by atoms with E-state index in [4.69, 9.17) is 4.74 Å². The maximum absolute atomic E-state index is 11.2. The van der Waals surface area contributed by atoms with Crippen LogP contribution in [0.1, 0.15) is 5.56 Å². The van der Waals surface area contributed by atoms with Gasteiger partial charge in [0.05, 0.1) is 24.8 Å². The van der Waals surface area contributed by atoms with Crippen LogP contribution in [0.2, 0.25) is 0 Å². The molecule has 0 saturated carbocycles. The van der Waals surface area contributed by atoms with E-state index in [2.05, 4.69) is 4.99 Å². The monoisotopic (exact) mass is 324 g/mol. The molecule has 0 aromatic heterocycles. The number of nitrogens with zero attached hydrogens (tertiary/aromatic N) is 1. The fourth-order valence-corrected chi connectivity index (χ4v) is 2.20. The highest BCUT2D eigenvalue weighted by Crippen LogP contribution is 2.22. The molecule has 1 aromatic carbocycles. The summed E-state index contributed by atoms with van der Waals surface area (Å²) >= 11 is 0. The Morgan fingerprint density at radius 1 is 1.39 bits per heavy atom. The standard InChI is InChI=1S/C15H19NO7/c17-11-7-23-15(22,13(19)12(11)18)8-16-10(14(20)21)6-9-4-2-1-3-5-9/h1-5,8,10-13,17-19,22H,6-7H2,(H,20,21)/p-1/t10-,11+,12+,13-,15+/m0/s1. The molecule has 2 rings (SSSR count). The van der Waals surface area contributed by atoms with E-state index in [-0.39, 0.29) is 6.42 Å². The maximum atomic E-state index is 11.2. The summed E-state index contributed by atoms with van der Waals surface area (Å²) in [6, 6.07) is 7.39. The molecular formula is C15H18NO7-. The van der Waals surface area contributed by atoms with Gasteiger partial charge in [0.15, 0.2) is 0 Å². The number of hydrogen-bond acceptors (Lipinski definition) is 8. The summed E-state index contributed by atoms with van der Waals surface area (Å²) in [6.45, 7) is -0.435. The van der Waals surface area contributed by atoms with Crippen molar-refractivity contribution in [2.45, 2.75) is 36.6 Å². The maximum Gasteiger partial charge on any atom is 0.232 e. The van der Waals surface area contributed by atoms with E-state index in [9.17, 15) is 30.3 Å². The number of hydrogen-bond donors (Lipinski definition) is 4. The van der Waals surface area contributed by atoms with E-state index < -0.39 is 42.7 Å². The summed E-state index contributed by atoms with van der Waals surface area (Å²) in [6.07, 6.45) is -4.13. The van der Waals surface area contributed by atoms with Crippen LogP contribution in [0.25, 0.3) is 0 Å². The van der Waals surface area contributed by atoms with Crippen LogP contribution in [0.15, 0.2) is 35.3 Å². The second-order valence-corrected chi connectivity index (χ2v) is 5.37. The number of carbonyl (C=O) groups is 1. The van der Waals surface area contributed by atoms with Crippen LogP contribution in [0.3, 0.4) is 0 Å². The molecule has 1 saturated heterocycles. The third-order valence-electron chi connectivity index (χ3n) is 3.61. The minimum atomic E-state index is -2.39. The van der Waals surface area contributed by atoms with Gasteiger partial charge in [-0.05, 0) is 5.56 Å². The Morgan fingerprint density at radius 2 is 2.04 bits per heavy atom. The van der Waals surface area contributed by atoms with Gasteiger partial charge in [-0.25, -0.2) is 0 Å². The fourth-order valence-electron chi connectivity index (χ4n) is 2.20. The van der Waals surface area contributed by atoms with Crippen molar-refractivity contribution in [1.82, 2.24) is 0 Å². The molecular weight excluding hydrogens is 306 g/mol. The number of aliphatic carboxylic acids is 1. The van der Waals surface area contributed by atoms with Crippen LogP contribution in [0.5, 0.6) is 0 Å². The van der Waals surface area contributed by atoms with E-state index in [0.29, 0.717) is 5.56 Å². The van der Waals surface area contributed by atoms with Crippen molar-refractivity contribution in [3.8, 4) is 0 Å². The summed E-state index contributed by atoms with van der Waals surface area (Å²) in [5.41, 5.74) is 0.700. The zero-order valence-electron chi connectivity index (χ0n) is 12.1. The molecule has 5 atom stereocenters. The van der Waals surface area contributed by atoms with Crippen molar-refractivity contribution in [1.29, 1.82) is 0 Å². The lowest BCUT2D eigenvalue weighted by molar-refractivity contribution is -0.307. The first-order valence-electron chi connectivity index (χ1n) is 7.03. The van der Waals surface area contributed by atoms with E-state index in [1.807, 2.05) is 0 Å². The molecule has 4 N–H and O–H groups in total. The number of rotatable bonds is 5. The van der Waals surface area contributed by atoms with Gasteiger partial charge in [0, 0.05) is 6.42 Å². The molecule has 1 aromatic rings. The summed E-state index contributed by atoms with van der Waals surface area (Å²) < 4.78 is 4.87. The molecule has 23 heavy (non-hydrogen) atoms. The number of ether oxygens (including phenoxy) is 1. The zero-order valence-corrected chi connectivity index (χ0v) is 12.1. The van der Waals surface area contributed by atoms with Crippen molar-refractivity contribution >= 4 is 12.2 Å². The average Bonchev–Trinajstić information content (AvgIpc) is 2.54. The van der Waals surface area contributed by atoms with E-state index in [0.717, 1.165) is 6.21 Å². The Balaban J connectivity index is 2.12. The minimum absolute atomic E-state index is 0.0248. The van der Waals surface area contributed by atoms with Gasteiger partial charge in [0.1, 0.15) is 18.3 Å². The van der Waals surface area contributed by atoms with Crippen molar-refractivity contribution in [2.75, 3.05) is 6.61 Å². The topological polar surface area (TPSA) is 143 Å². The molecule has 0 spiro atoms. The predicted octanol–water partition coefficient (Wildman–Crippen LogP) is -2.78. The van der Waals surface area contributed by atoms with Crippen LogP contribution >= 0.6 is 0 Å². The van der Waals surface area contributed by atoms with E-state index >= 15 is 0 Å². The van der Waals surface area contributed by atoms with Crippen molar-refractivity contribution in [3.05, 3.63) is 35.9 Å². The third-order valence-corrected chi connectivity index (χ3v) is 3.61. The number of carboxylic acid groups (broad SMARTS) is 1. The molecule has 1 heterocycles. The molecule has 0 unspecified atom stereocenters. The highest BCUT2D eigenvalue weighted by atomic mass is 16.6. The Bertz CT molecular complexity index is 564. The van der Waals surface area contributed by atoms with Gasteiger partial charge in [-0.2, -0.15) is 0 Å². The first-order chi connectivity index (χ1) is 10.8. The number of aliphatic hydroxyl groups excluding tert-OH is 3. The second kappa shape index (κ2) is 7.16. The molecule has 126 valence electrons. The third kappa shape index (κ3) is 4.12. The van der Waals surface area contributed by atoms with Crippen LogP contribution in [0, 0.1) is 0 Å². The van der Waals surface area contributed by atoms with Crippen molar-refractivity contribution in [2.24, 2.45) is 4.99 Å². The Kier molecular flexibility index (Phi) is 5.45. The van der Waals surface area contributed by atoms with E-state index in [1.54, 1.807) is 30.3 Å². The molecule has 8 heteroatoms. The van der Waals surface area contributed by atoms with Gasteiger partial charge in [0.25, 0.3) is 0 Å². The number of carbonyl (C=O) groups excluding carboxylic acids is 1. The number of carboxylic acids is 1. The highest BCUT2D eigenvalue weighted by molar-refractivity contribution is 5.77. The summed E-state index contributed by atoms with van der Waals surface area (Å²) in [4.78, 5) is 14.9. The normalized spacial score (nSPS) is 32.8. The lowest BCUT2D eigenvalue weighted by Gasteiger charge is -2.39. The Morgan fingerprint density at radius 3 is 2.65 bits per heavy atom. The molecule has 0 amide bonds. The van der Waals surface area contributed by atoms with Crippen molar-refractivity contribution in [3.63, 3.8) is 0 Å². The molecule has 8 nitrogen and oxygen atoms in total. The Hall–Kier alpha value is -1.84. The van der Waals surface area contributed by atoms with Gasteiger partial charge < -0.3 is 35.1 Å². The SMILES string of the molecule is O=C([O-])[C@H](Cc1ccccc1)N=C[C@@]1(O)OC[C@@H](O)[C@@H](O)[C@@H]1O. The van der Waals surface area contributed by atoms with Crippen LogP contribution in [-0.2, 0) is 16.0 Å². The van der Waals surface area contributed by atoms with Gasteiger partial charge >= 0.3 is 0 Å². The predicted molar refractivity (Wildman–Crippen MR) is 76.4 cm³/mol.